The van der Waals surface area contributed by atoms with Crippen LogP contribution in [0.1, 0.15) is 4.88 Å². The molecule has 1 aromatic heterocycles. The fourth-order valence-electron chi connectivity index (χ4n) is 1.66. The van der Waals surface area contributed by atoms with Crippen LogP contribution in [-0.4, -0.2) is 4.98 Å². The van der Waals surface area contributed by atoms with Crippen LogP contribution in [0.5, 0.6) is 0 Å². The number of anilines is 1. The number of benzene rings is 1. The van der Waals surface area contributed by atoms with Crippen LogP contribution in [0, 0.1) is 0 Å². The molecule has 0 radical (unpaired) electrons. The second-order valence-corrected chi connectivity index (χ2v) is 4.54. The van der Waals surface area contributed by atoms with E-state index in [1.54, 1.807) is 11.3 Å². The first-order valence-corrected chi connectivity index (χ1v) is 5.56. The van der Waals surface area contributed by atoms with Crippen LogP contribution in [0.4, 0.5) is 5.69 Å². The monoisotopic (exact) mass is 222 g/mol. The summed E-state index contributed by atoms with van der Waals surface area (Å²) in [5.74, 6) is 0. The molecule has 1 aliphatic rings. The second-order valence-electron chi connectivity index (χ2n) is 3.17. The molecule has 3 rings (SSSR count). The van der Waals surface area contributed by atoms with Crippen LogP contribution < -0.4 is 5.32 Å². The molecule has 1 N–H and O–H groups in total. The Kier molecular flexibility index (Phi) is 1.75. The summed E-state index contributed by atoms with van der Waals surface area (Å²) >= 11 is 7.61. The molecule has 0 fully saturated rings. The van der Waals surface area contributed by atoms with E-state index in [0.29, 0.717) is 0 Å². The fraction of sp³-hybridized carbons (Fsp3) is 0.100. The van der Waals surface area contributed by atoms with E-state index < -0.39 is 0 Å². The zero-order valence-electron chi connectivity index (χ0n) is 7.25. The van der Waals surface area contributed by atoms with Gasteiger partial charge >= 0.3 is 0 Å². The Morgan fingerprint density at radius 1 is 1.43 bits per heavy atom. The number of halogens is 1. The maximum Gasteiger partial charge on any atom is 0.0882 e. The zero-order chi connectivity index (χ0) is 9.54. The van der Waals surface area contributed by atoms with Crippen molar-refractivity contribution in [1.82, 2.24) is 4.98 Å². The first-order chi connectivity index (χ1) is 6.84. The van der Waals surface area contributed by atoms with E-state index in [2.05, 4.69) is 10.3 Å². The number of aromatic nitrogens is 1. The molecular weight excluding hydrogens is 216 g/mol. The van der Waals surface area contributed by atoms with Crippen LogP contribution in [0.15, 0.2) is 23.7 Å². The number of rotatable bonds is 0. The predicted molar refractivity (Wildman–Crippen MR) is 59.9 cm³/mol. The van der Waals surface area contributed by atoms with Crippen molar-refractivity contribution in [3.05, 3.63) is 33.6 Å². The molecule has 1 aromatic carbocycles. The van der Waals surface area contributed by atoms with Gasteiger partial charge in [-0.3, -0.25) is 0 Å². The molecule has 2 heterocycles. The summed E-state index contributed by atoms with van der Waals surface area (Å²) in [7, 11) is 0. The minimum atomic E-state index is 0.759. The lowest BCUT2D eigenvalue weighted by molar-refractivity contribution is 1.15. The molecule has 0 saturated heterocycles. The third-order valence-electron chi connectivity index (χ3n) is 2.32. The van der Waals surface area contributed by atoms with Gasteiger partial charge in [-0.2, -0.15) is 0 Å². The van der Waals surface area contributed by atoms with Gasteiger partial charge in [0.25, 0.3) is 0 Å². The first kappa shape index (κ1) is 8.26. The molecule has 0 aliphatic carbocycles. The normalized spacial score (nSPS) is 12.9. The van der Waals surface area contributed by atoms with Crippen LogP contribution in [0.3, 0.4) is 0 Å². The average Bonchev–Trinajstić information content (AvgIpc) is 2.65. The number of nitrogens with zero attached hydrogens (tertiary/aromatic N) is 1. The van der Waals surface area contributed by atoms with Crippen LogP contribution in [-0.2, 0) is 6.54 Å². The van der Waals surface area contributed by atoms with Crippen LogP contribution in [0.25, 0.3) is 11.3 Å². The molecule has 2 aromatic rings. The van der Waals surface area contributed by atoms with E-state index in [4.69, 9.17) is 11.6 Å². The fourth-order valence-corrected chi connectivity index (χ4v) is 2.55. The molecule has 4 heteroatoms. The van der Waals surface area contributed by atoms with Crippen molar-refractivity contribution in [1.29, 1.82) is 0 Å². The zero-order valence-corrected chi connectivity index (χ0v) is 8.82. The summed E-state index contributed by atoms with van der Waals surface area (Å²) in [5, 5.41) is 4.09. The van der Waals surface area contributed by atoms with E-state index in [1.807, 2.05) is 23.7 Å². The lowest BCUT2D eigenvalue weighted by Crippen LogP contribution is -2.06. The molecule has 0 spiro atoms. The van der Waals surface area contributed by atoms with Crippen molar-refractivity contribution < 1.29 is 0 Å². The Morgan fingerprint density at radius 2 is 2.36 bits per heavy atom. The number of fused-ring (bicyclic) bond motifs is 3. The number of hydrogen-bond donors (Lipinski definition) is 1. The minimum Gasteiger partial charge on any atom is -0.379 e. The molecule has 0 saturated carbocycles. The van der Waals surface area contributed by atoms with Crippen molar-refractivity contribution in [2.75, 3.05) is 5.32 Å². The highest BCUT2D eigenvalue weighted by atomic mass is 35.5. The van der Waals surface area contributed by atoms with Crippen LogP contribution >= 0.6 is 22.9 Å². The lowest BCUT2D eigenvalue weighted by Gasteiger charge is -2.17. The Morgan fingerprint density at radius 3 is 3.29 bits per heavy atom. The molecule has 70 valence electrons. The van der Waals surface area contributed by atoms with Crippen molar-refractivity contribution in [2.24, 2.45) is 0 Å². The van der Waals surface area contributed by atoms with Gasteiger partial charge in [0.2, 0.25) is 0 Å². The van der Waals surface area contributed by atoms with Gasteiger partial charge in [0.15, 0.2) is 0 Å². The minimum absolute atomic E-state index is 0.759. The highest BCUT2D eigenvalue weighted by Gasteiger charge is 2.17. The molecule has 1 aliphatic heterocycles. The summed E-state index contributed by atoms with van der Waals surface area (Å²) in [5.41, 5.74) is 5.21. The van der Waals surface area contributed by atoms with E-state index in [9.17, 15) is 0 Å². The van der Waals surface area contributed by atoms with E-state index in [1.165, 1.54) is 4.88 Å². The summed E-state index contributed by atoms with van der Waals surface area (Å²) in [6, 6.07) is 5.86. The van der Waals surface area contributed by atoms with Gasteiger partial charge in [0.1, 0.15) is 0 Å². The summed E-state index contributed by atoms with van der Waals surface area (Å²) < 4.78 is 0. The highest BCUT2D eigenvalue weighted by molar-refractivity contribution is 7.10. The summed E-state index contributed by atoms with van der Waals surface area (Å²) in [4.78, 5) is 5.65. The van der Waals surface area contributed by atoms with Crippen molar-refractivity contribution in [2.45, 2.75) is 6.54 Å². The standard InChI is InChI=1S/C10H7ClN2S/c11-6-1-2-7-8(3-6)12-4-9-10(7)13-5-14-9/h1-3,5,12H,4H2. The molecule has 2 nitrogen and oxygen atoms in total. The third kappa shape index (κ3) is 1.13. The summed E-state index contributed by atoms with van der Waals surface area (Å²) in [6.07, 6.45) is 0. The van der Waals surface area contributed by atoms with Crippen molar-refractivity contribution in [3.63, 3.8) is 0 Å². The topological polar surface area (TPSA) is 24.9 Å². The Labute approximate surface area is 90.6 Å². The number of hydrogen-bond acceptors (Lipinski definition) is 3. The van der Waals surface area contributed by atoms with Gasteiger partial charge in [-0.25, -0.2) is 4.98 Å². The largest absolute Gasteiger partial charge is 0.379 e. The number of nitrogens with one attached hydrogen (secondary N) is 1. The predicted octanol–water partition coefficient (Wildman–Crippen LogP) is 3.39. The Bertz CT molecular complexity index is 493. The van der Waals surface area contributed by atoms with Gasteiger partial charge in [0.05, 0.1) is 22.6 Å². The second kappa shape index (κ2) is 2.97. The number of thiazole rings is 1. The van der Waals surface area contributed by atoms with E-state index in [0.717, 1.165) is 28.5 Å². The molecule has 0 atom stereocenters. The average molecular weight is 223 g/mol. The SMILES string of the molecule is Clc1ccc2c(c1)NCc1scnc1-2. The highest BCUT2D eigenvalue weighted by Crippen LogP contribution is 2.37. The van der Waals surface area contributed by atoms with Gasteiger partial charge in [-0.05, 0) is 18.2 Å². The molecule has 0 bridgehead atoms. The van der Waals surface area contributed by atoms with Crippen molar-refractivity contribution in [3.8, 4) is 11.3 Å². The smallest absolute Gasteiger partial charge is 0.0882 e. The molecule has 0 unspecified atom stereocenters. The van der Waals surface area contributed by atoms with Gasteiger partial charge in [-0.15, -0.1) is 11.3 Å². The molecule has 0 amide bonds. The summed E-state index contributed by atoms with van der Waals surface area (Å²) in [6.45, 7) is 0.855. The van der Waals surface area contributed by atoms with Gasteiger partial charge < -0.3 is 5.32 Å². The molecular formula is C10H7ClN2S. The quantitative estimate of drug-likeness (QED) is 0.739. The third-order valence-corrected chi connectivity index (χ3v) is 3.39. The van der Waals surface area contributed by atoms with E-state index in [-0.39, 0.29) is 0 Å². The molecule has 14 heavy (non-hydrogen) atoms. The van der Waals surface area contributed by atoms with Crippen molar-refractivity contribution >= 4 is 28.6 Å². The van der Waals surface area contributed by atoms with Crippen LogP contribution in [0.2, 0.25) is 5.02 Å². The first-order valence-electron chi connectivity index (χ1n) is 4.31. The van der Waals surface area contributed by atoms with Gasteiger partial charge in [0, 0.05) is 16.3 Å². The maximum absolute atomic E-state index is 5.92. The Hall–Kier alpha value is -1.06. The Balaban J connectivity index is 2.26. The maximum atomic E-state index is 5.92. The van der Waals surface area contributed by atoms with Gasteiger partial charge in [-0.1, -0.05) is 11.6 Å². The lowest BCUT2D eigenvalue weighted by atomic mass is 10.1. The van der Waals surface area contributed by atoms with E-state index >= 15 is 0 Å².